The van der Waals surface area contributed by atoms with Gasteiger partial charge in [-0.15, -0.1) is 0 Å². The molecule has 0 aliphatic rings. The number of benzene rings is 2. The van der Waals surface area contributed by atoms with Crippen molar-refractivity contribution < 1.29 is 9.53 Å². The van der Waals surface area contributed by atoms with Gasteiger partial charge in [0.05, 0.1) is 0 Å². The average molecular weight is 266 g/mol. The SMILES string of the molecule is C=CC(=O)Oc1ccc(C(C)C)cc1-c1ccccc1. The Morgan fingerprint density at radius 2 is 1.85 bits per heavy atom. The van der Waals surface area contributed by atoms with E-state index in [9.17, 15) is 4.79 Å². The Kier molecular flexibility index (Phi) is 4.36. The molecular formula is C18H18O2. The number of carbonyl (C=O) groups excluding carboxylic acids is 1. The van der Waals surface area contributed by atoms with Crippen LogP contribution in [0.15, 0.2) is 61.2 Å². The zero-order chi connectivity index (χ0) is 14.5. The van der Waals surface area contributed by atoms with Crippen molar-refractivity contribution in [1.29, 1.82) is 0 Å². The molecule has 0 atom stereocenters. The summed E-state index contributed by atoms with van der Waals surface area (Å²) in [5, 5.41) is 0. The molecular weight excluding hydrogens is 248 g/mol. The minimum Gasteiger partial charge on any atom is -0.423 e. The first-order valence-electron chi connectivity index (χ1n) is 6.65. The molecule has 2 aromatic carbocycles. The molecule has 0 saturated carbocycles. The van der Waals surface area contributed by atoms with Crippen molar-refractivity contribution in [3.63, 3.8) is 0 Å². The van der Waals surface area contributed by atoms with Crippen LogP contribution in [0.25, 0.3) is 11.1 Å². The van der Waals surface area contributed by atoms with Crippen molar-refractivity contribution >= 4 is 5.97 Å². The van der Waals surface area contributed by atoms with E-state index in [0.717, 1.165) is 11.1 Å². The van der Waals surface area contributed by atoms with Gasteiger partial charge in [-0.25, -0.2) is 4.79 Å². The van der Waals surface area contributed by atoms with Gasteiger partial charge in [-0.05, 0) is 29.2 Å². The Bertz CT molecular complexity index is 613. The van der Waals surface area contributed by atoms with Crippen LogP contribution in [0.2, 0.25) is 0 Å². The molecule has 0 unspecified atom stereocenters. The van der Waals surface area contributed by atoms with Gasteiger partial charge in [0.15, 0.2) is 0 Å². The van der Waals surface area contributed by atoms with Crippen molar-refractivity contribution in [2.24, 2.45) is 0 Å². The maximum atomic E-state index is 11.4. The molecule has 0 heterocycles. The van der Waals surface area contributed by atoms with E-state index >= 15 is 0 Å². The van der Waals surface area contributed by atoms with E-state index in [0.29, 0.717) is 11.7 Å². The van der Waals surface area contributed by atoms with Gasteiger partial charge >= 0.3 is 5.97 Å². The molecule has 0 aliphatic carbocycles. The van der Waals surface area contributed by atoms with E-state index in [-0.39, 0.29) is 0 Å². The van der Waals surface area contributed by atoms with E-state index in [1.54, 1.807) is 0 Å². The lowest BCUT2D eigenvalue weighted by Crippen LogP contribution is -2.04. The van der Waals surface area contributed by atoms with Gasteiger partial charge in [0, 0.05) is 11.6 Å². The maximum absolute atomic E-state index is 11.4. The van der Waals surface area contributed by atoms with Crippen molar-refractivity contribution in [2.45, 2.75) is 19.8 Å². The van der Waals surface area contributed by atoms with Gasteiger partial charge in [0.25, 0.3) is 0 Å². The lowest BCUT2D eigenvalue weighted by molar-refractivity contribution is -0.128. The first kappa shape index (κ1) is 14.1. The van der Waals surface area contributed by atoms with E-state index < -0.39 is 5.97 Å². The minimum absolute atomic E-state index is 0.418. The lowest BCUT2D eigenvalue weighted by atomic mass is 9.96. The fourth-order valence-electron chi connectivity index (χ4n) is 1.99. The summed E-state index contributed by atoms with van der Waals surface area (Å²) < 4.78 is 5.33. The van der Waals surface area contributed by atoms with Crippen LogP contribution in [-0.4, -0.2) is 5.97 Å². The van der Waals surface area contributed by atoms with Crippen LogP contribution in [0.4, 0.5) is 0 Å². The zero-order valence-corrected chi connectivity index (χ0v) is 11.8. The van der Waals surface area contributed by atoms with Gasteiger partial charge in [-0.2, -0.15) is 0 Å². The molecule has 2 nitrogen and oxygen atoms in total. The van der Waals surface area contributed by atoms with Gasteiger partial charge in [-0.1, -0.05) is 56.8 Å². The molecule has 2 rings (SSSR count). The number of esters is 1. The summed E-state index contributed by atoms with van der Waals surface area (Å²) >= 11 is 0. The third-order valence-corrected chi connectivity index (χ3v) is 3.13. The van der Waals surface area contributed by atoms with E-state index in [4.69, 9.17) is 4.74 Å². The van der Waals surface area contributed by atoms with E-state index in [2.05, 4.69) is 26.5 Å². The first-order valence-corrected chi connectivity index (χ1v) is 6.65. The number of ether oxygens (including phenoxy) is 1. The highest BCUT2D eigenvalue weighted by atomic mass is 16.5. The van der Waals surface area contributed by atoms with Crippen LogP contribution < -0.4 is 4.74 Å². The van der Waals surface area contributed by atoms with E-state index in [1.807, 2.05) is 42.5 Å². The van der Waals surface area contributed by atoms with Gasteiger partial charge in [-0.3, -0.25) is 0 Å². The molecule has 102 valence electrons. The van der Waals surface area contributed by atoms with Crippen LogP contribution in [0.5, 0.6) is 5.75 Å². The fourth-order valence-corrected chi connectivity index (χ4v) is 1.99. The molecule has 0 radical (unpaired) electrons. The highest BCUT2D eigenvalue weighted by Crippen LogP contribution is 2.33. The molecule has 0 bridgehead atoms. The molecule has 0 saturated heterocycles. The molecule has 0 amide bonds. The second-order valence-electron chi connectivity index (χ2n) is 4.90. The summed E-state index contributed by atoms with van der Waals surface area (Å²) in [7, 11) is 0. The van der Waals surface area contributed by atoms with Crippen LogP contribution in [-0.2, 0) is 4.79 Å². The van der Waals surface area contributed by atoms with Crippen molar-refractivity contribution in [1.82, 2.24) is 0 Å². The molecule has 2 heteroatoms. The minimum atomic E-state index is -0.445. The Balaban J connectivity index is 2.51. The monoisotopic (exact) mass is 266 g/mol. The molecule has 0 spiro atoms. The molecule has 0 aromatic heterocycles. The van der Waals surface area contributed by atoms with Gasteiger partial charge in [0.1, 0.15) is 5.75 Å². The fraction of sp³-hybridized carbons (Fsp3) is 0.167. The Morgan fingerprint density at radius 3 is 2.45 bits per heavy atom. The Hall–Kier alpha value is -2.35. The van der Waals surface area contributed by atoms with Gasteiger partial charge < -0.3 is 4.74 Å². The molecule has 0 aliphatic heterocycles. The second kappa shape index (κ2) is 6.20. The third kappa shape index (κ3) is 3.15. The highest BCUT2D eigenvalue weighted by molar-refractivity contribution is 5.85. The summed E-state index contributed by atoms with van der Waals surface area (Å²) in [6.07, 6.45) is 1.17. The topological polar surface area (TPSA) is 26.3 Å². The second-order valence-corrected chi connectivity index (χ2v) is 4.90. The average Bonchev–Trinajstić information content (AvgIpc) is 2.48. The molecule has 0 fully saturated rings. The van der Waals surface area contributed by atoms with Gasteiger partial charge in [0.2, 0.25) is 0 Å². The maximum Gasteiger partial charge on any atom is 0.335 e. The summed E-state index contributed by atoms with van der Waals surface area (Å²) in [6.45, 7) is 7.71. The predicted octanol–water partition coefficient (Wildman–Crippen LogP) is 4.57. The lowest BCUT2D eigenvalue weighted by Gasteiger charge is -2.13. The smallest absolute Gasteiger partial charge is 0.335 e. The third-order valence-electron chi connectivity index (χ3n) is 3.13. The quantitative estimate of drug-likeness (QED) is 0.460. The van der Waals surface area contributed by atoms with Crippen molar-refractivity contribution in [2.75, 3.05) is 0 Å². The normalized spacial score (nSPS) is 10.3. The summed E-state index contributed by atoms with van der Waals surface area (Å²) in [5.74, 6) is 0.534. The molecule has 20 heavy (non-hydrogen) atoms. The predicted molar refractivity (Wildman–Crippen MR) is 81.8 cm³/mol. The summed E-state index contributed by atoms with van der Waals surface area (Å²) in [4.78, 5) is 11.4. The zero-order valence-electron chi connectivity index (χ0n) is 11.8. The van der Waals surface area contributed by atoms with Crippen LogP contribution in [0.3, 0.4) is 0 Å². The van der Waals surface area contributed by atoms with Crippen molar-refractivity contribution in [3.8, 4) is 16.9 Å². The van der Waals surface area contributed by atoms with Crippen LogP contribution >= 0.6 is 0 Å². The van der Waals surface area contributed by atoms with Crippen LogP contribution in [0, 0.1) is 0 Å². The Labute approximate surface area is 119 Å². The number of rotatable bonds is 4. The summed E-state index contributed by atoms with van der Waals surface area (Å²) in [5.41, 5.74) is 3.16. The van der Waals surface area contributed by atoms with E-state index in [1.165, 1.54) is 11.6 Å². The van der Waals surface area contributed by atoms with Crippen molar-refractivity contribution in [3.05, 3.63) is 66.7 Å². The standard InChI is InChI=1S/C18H18O2/c1-4-18(19)20-17-11-10-15(13(2)3)12-16(17)14-8-6-5-7-9-14/h4-13H,1H2,2-3H3. The van der Waals surface area contributed by atoms with Crippen LogP contribution in [0.1, 0.15) is 25.3 Å². The number of hydrogen-bond acceptors (Lipinski definition) is 2. The molecule has 2 aromatic rings. The first-order chi connectivity index (χ1) is 9.61. The largest absolute Gasteiger partial charge is 0.423 e. The Morgan fingerprint density at radius 1 is 1.15 bits per heavy atom. The summed E-state index contributed by atoms with van der Waals surface area (Å²) in [6, 6.07) is 15.8. The highest BCUT2D eigenvalue weighted by Gasteiger charge is 2.11. The number of hydrogen-bond donors (Lipinski definition) is 0. The molecule has 0 N–H and O–H groups in total. The number of carbonyl (C=O) groups is 1.